The summed E-state index contributed by atoms with van der Waals surface area (Å²) in [4.78, 5) is 24.7. The molecule has 2 atom stereocenters. The van der Waals surface area contributed by atoms with Crippen molar-refractivity contribution >= 4 is 11.7 Å². The van der Waals surface area contributed by atoms with Crippen LogP contribution in [-0.4, -0.2) is 69.9 Å². The maximum atomic E-state index is 13.2. The van der Waals surface area contributed by atoms with Crippen LogP contribution >= 0.6 is 0 Å². The summed E-state index contributed by atoms with van der Waals surface area (Å²) in [6.07, 6.45) is 5.68. The first-order chi connectivity index (χ1) is 15.0. The number of aliphatic hydroxyl groups is 1. The maximum absolute atomic E-state index is 13.2. The lowest BCUT2D eigenvalue weighted by atomic mass is 10.2. The van der Waals surface area contributed by atoms with E-state index < -0.39 is 6.35 Å². The van der Waals surface area contributed by atoms with Crippen molar-refractivity contribution in [3.05, 3.63) is 29.7 Å². The molecule has 2 aliphatic rings. The van der Waals surface area contributed by atoms with Gasteiger partial charge in [0.05, 0.1) is 12.8 Å². The largest absolute Gasteiger partial charge is 0.424 e. The molecule has 0 aromatic carbocycles. The first-order valence-corrected chi connectivity index (χ1v) is 10.6. The normalized spacial score (nSPS) is 21.4. The number of ether oxygens (including phenoxy) is 3. The topological polar surface area (TPSA) is 102 Å². The third-order valence-electron chi connectivity index (χ3n) is 5.50. The Hall–Kier alpha value is -2.69. The van der Waals surface area contributed by atoms with Gasteiger partial charge in [0.1, 0.15) is 5.75 Å². The number of aryl methyl sites for hydroxylation is 1. The molecule has 2 unspecified atom stereocenters. The number of anilines is 1. The van der Waals surface area contributed by atoms with Gasteiger partial charge in [-0.15, -0.1) is 0 Å². The number of hydrogen-bond donors (Lipinski definition) is 1. The van der Waals surface area contributed by atoms with E-state index >= 15 is 0 Å². The number of aliphatic hydroxyl groups excluding tert-OH is 1. The van der Waals surface area contributed by atoms with Gasteiger partial charge in [-0.2, -0.15) is 4.98 Å². The first-order valence-electron chi connectivity index (χ1n) is 10.6. The number of imidazole rings is 1. The predicted molar refractivity (Wildman–Crippen MR) is 112 cm³/mol. The van der Waals surface area contributed by atoms with Gasteiger partial charge < -0.3 is 24.2 Å². The third kappa shape index (κ3) is 4.51. The lowest BCUT2D eigenvalue weighted by Gasteiger charge is -2.38. The average molecular weight is 431 g/mol. The van der Waals surface area contributed by atoms with E-state index in [1.54, 1.807) is 36.0 Å². The van der Waals surface area contributed by atoms with E-state index in [-0.39, 0.29) is 18.2 Å². The number of nitrogens with zero attached hydrogens (tertiary/aromatic N) is 5. The Bertz CT molecular complexity index is 927. The van der Waals surface area contributed by atoms with Gasteiger partial charge in [-0.05, 0) is 44.2 Å². The van der Waals surface area contributed by atoms with Gasteiger partial charge in [0.2, 0.25) is 6.35 Å². The molecule has 1 N–H and O–H groups in total. The second-order valence-corrected chi connectivity index (χ2v) is 7.90. The number of amides is 1. The SMILES string of the molecule is Cc1cncc(Oc2nc3c(n2C)C(=O)N(CCCOC2CCCCO2)C(O)N3C)c1. The van der Waals surface area contributed by atoms with Crippen LogP contribution in [0.3, 0.4) is 0 Å². The smallest absolute Gasteiger partial charge is 0.304 e. The molecule has 1 saturated heterocycles. The summed E-state index contributed by atoms with van der Waals surface area (Å²) in [6, 6.07) is 2.09. The van der Waals surface area contributed by atoms with Crippen LogP contribution in [0.1, 0.15) is 41.7 Å². The number of rotatable bonds is 7. The zero-order valence-corrected chi connectivity index (χ0v) is 18.2. The summed E-state index contributed by atoms with van der Waals surface area (Å²) < 4.78 is 18.8. The Morgan fingerprint density at radius 1 is 1.29 bits per heavy atom. The highest BCUT2D eigenvalue weighted by atomic mass is 16.7. The van der Waals surface area contributed by atoms with E-state index in [2.05, 4.69) is 9.97 Å². The van der Waals surface area contributed by atoms with E-state index in [9.17, 15) is 9.90 Å². The summed E-state index contributed by atoms with van der Waals surface area (Å²) >= 11 is 0. The molecule has 1 fully saturated rings. The number of fused-ring (bicyclic) bond motifs is 1. The predicted octanol–water partition coefficient (Wildman–Crippen LogP) is 2.02. The molecule has 10 heteroatoms. The molecule has 2 aliphatic heterocycles. The molecule has 0 aliphatic carbocycles. The van der Waals surface area contributed by atoms with Crippen molar-refractivity contribution in [3.63, 3.8) is 0 Å². The van der Waals surface area contributed by atoms with Gasteiger partial charge in [-0.1, -0.05) is 0 Å². The molecule has 31 heavy (non-hydrogen) atoms. The summed E-state index contributed by atoms with van der Waals surface area (Å²) in [5, 5.41) is 10.7. The Labute approximate surface area is 181 Å². The quantitative estimate of drug-likeness (QED) is 0.665. The van der Waals surface area contributed by atoms with E-state index in [0.717, 1.165) is 31.4 Å². The summed E-state index contributed by atoms with van der Waals surface area (Å²) in [5.41, 5.74) is 1.31. The van der Waals surface area contributed by atoms with Crippen molar-refractivity contribution in [1.82, 2.24) is 19.4 Å². The molecule has 0 bridgehead atoms. The van der Waals surface area contributed by atoms with Crippen LogP contribution in [0.25, 0.3) is 0 Å². The van der Waals surface area contributed by atoms with Crippen LogP contribution in [0.4, 0.5) is 5.82 Å². The monoisotopic (exact) mass is 431 g/mol. The van der Waals surface area contributed by atoms with Crippen molar-refractivity contribution in [1.29, 1.82) is 0 Å². The van der Waals surface area contributed by atoms with Crippen molar-refractivity contribution in [2.45, 2.75) is 45.2 Å². The fraction of sp³-hybridized carbons (Fsp3) is 0.571. The molecule has 4 heterocycles. The van der Waals surface area contributed by atoms with E-state index in [0.29, 0.717) is 36.8 Å². The third-order valence-corrected chi connectivity index (χ3v) is 5.50. The molecule has 0 spiro atoms. The van der Waals surface area contributed by atoms with Crippen LogP contribution in [0.15, 0.2) is 18.5 Å². The minimum absolute atomic E-state index is 0.169. The lowest BCUT2D eigenvalue weighted by molar-refractivity contribution is -0.163. The molecule has 1 amide bonds. The summed E-state index contributed by atoms with van der Waals surface area (Å²) in [6.45, 7) is 3.45. The molecule has 2 aromatic heterocycles. The van der Waals surface area contributed by atoms with Crippen molar-refractivity contribution < 1.29 is 24.1 Å². The van der Waals surface area contributed by atoms with Gasteiger partial charge >= 0.3 is 6.01 Å². The Morgan fingerprint density at radius 2 is 2.13 bits per heavy atom. The minimum Gasteiger partial charge on any atom is -0.424 e. The fourth-order valence-electron chi connectivity index (χ4n) is 3.80. The van der Waals surface area contributed by atoms with Gasteiger partial charge in [-0.25, -0.2) is 0 Å². The fourth-order valence-corrected chi connectivity index (χ4v) is 3.80. The van der Waals surface area contributed by atoms with Crippen LogP contribution in [-0.2, 0) is 16.5 Å². The first kappa shape index (κ1) is 21.5. The van der Waals surface area contributed by atoms with Crippen molar-refractivity contribution in [2.24, 2.45) is 7.05 Å². The van der Waals surface area contributed by atoms with Crippen LogP contribution in [0.2, 0.25) is 0 Å². The van der Waals surface area contributed by atoms with Crippen molar-refractivity contribution in [2.75, 3.05) is 31.7 Å². The van der Waals surface area contributed by atoms with E-state index in [1.807, 2.05) is 13.0 Å². The van der Waals surface area contributed by atoms with Gasteiger partial charge in [0, 0.05) is 33.4 Å². The van der Waals surface area contributed by atoms with E-state index in [4.69, 9.17) is 14.2 Å². The molecule has 0 saturated carbocycles. The number of aromatic nitrogens is 3. The Kier molecular flexibility index (Phi) is 6.40. The minimum atomic E-state index is -1.12. The number of carbonyl (C=O) groups is 1. The standard InChI is InChI=1S/C21H29N5O5/c1-14-11-15(13-22-12-14)31-20-23-18-17(24(20)2)19(27)26(21(28)25(18)3)8-6-10-30-16-7-4-5-9-29-16/h11-13,16,21,28H,4-10H2,1-3H3. The second-order valence-electron chi connectivity index (χ2n) is 7.90. The van der Waals surface area contributed by atoms with Gasteiger partial charge in [-0.3, -0.25) is 19.2 Å². The van der Waals surface area contributed by atoms with Crippen molar-refractivity contribution in [3.8, 4) is 11.8 Å². The molecule has 168 valence electrons. The number of pyridine rings is 1. The molecular formula is C21H29N5O5. The highest BCUT2D eigenvalue weighted by molar-refractivity contribution is 5.99. The van der Waals surface area contributed by atoms with Gasteiger partial charge in [0.25, 0.3) is 5.91 Å². The number of carbonyl (C=O) groups excluding carboxylic acids is 1. The van der Waals surface area contributed by atoms with Gasteiger partial charge in [0.15, 0.2) is 17.8 Å². The number of hydrogen-bond acceptors (Lipinski definition) is 8. The molecule has 2 aromatic rings. The Balaban J connectivity index is 1.44. The molecule has 4 rings (SSSR count). The zero-order chi connectivity index (χ0) is 22.0. The van der Waals surface area contributed by atoms with Crippen LogP contribution in [0, 0.1) is 6.92 Å². The molecule has 10 nitrogen and oxygen atoms in total. The summed E-state index contributed by atoms with van der Waals surface area (Å²) in [7, 11) is 3.41. The molecular weight excluding hydrogens is 402 g/mol. The lowest BCUT2D eigenvalue weighted by Crippen LogP contribution is -2.54. The second kappa shape index (κ2) is 9.21. The van der Waals surface area contributed by atoms with Crippen LogP contribution < -0.4 is 9.64 Å². The Morgan fingerprint density at radius 3 is 2.87 bits per heavy atom. The zero-order valence-electron chi connectivity index (χ0n) is 18.2. The highest BCUT2D eigenvalue weighted by Gasteiger charge is 2.39. The van der Waals surface area contributed by atoms with E-state index in [1.165, 1.54) is 4.90 Å². The average Bonchev–Trinajstić information content (AvgIpc) is 3.08. The maximum Gasteiger partial charge on any atom is 0.304 e. The van der Waals surface area contributed by atoms with Crippen LogP contribution in [0.5, 0.6) is 11.8 Å². The highest BCUT2D eigenvalue weighted by Crippen LogP contribution is 2.33. The summed E-state index contributed by atoms with van der Waals surface area (Å²) in [5.74, 6) is 0.598. The molecule has 0 radical (unpaired) electrons.